The minimum absolute atomic E-state index is 0.0690. The molecule has 0 aromatic carbocycles. The average molecular weight is 222 g/mol. The summed E-state index contributed by atoms with van der Waals surface area (Å²) in [6.45, 7) is 7.75. The Morgan fingerprint density at radius 3 is 3.12 bits per heavy atom. The summed E-state index contributed by atoms with van der Waals surface area (Å²) in [5.74, 6) is 0. The fraction of sp³-hybridized carbons (Fsp3) is 0.750. The van der Waals surface area contributed by atoms with E-state index < -0.39 is 0 Å². The molecule has 1 fully saturated rings. The normalized spacial score (nSPS) is 24.6. The zero-order valence-corrected chi connectivity index (χ0v) is 10.3. The Morgan fingerprint density at radius 2 is 2.44 bits per heavy atom. The van der Waals surface area contributed by atoms with Crippen LogP contribution in [-0.2, 0) is 0 Å². The van der Waals surface area contributed by atoms with E-state index in [1.807, 2.05) is 19.4 Å². The third kappa shape index (κ3) is 2.28. The predicted octanol–water partition coefficient (Wildman–Crippen LogP) is 1.56. The molecule has 4 nitrogen and oxygen atoms in total. The van der Waals surface area contributed by atoms with Crippen LogP contribution in [0, 0.1) is 0 Å². The van der Waals surface area contributed by atoms with Crippen LogP contribution >= 0.6 is 0 Å². The largest absolute Gasteiger partial charge is 0.329 e. The van der Waals surface area contributed by atoms with Crippen LogP contribution in [0.2, 0.25) is 0 Å². The van der Waals surface area contributed by atoms with Crippen LogP contribution in [0.15, 0.2) is 12.5 Å². The molecule has 1 saturated heterocycles. The van der Waals surface area contributed by atoms with Crippen LogP contribution < -0.4 is 5.73 Å². The number of piperidine rings is 1. The summed E-state index contributed by atoms with van der Waals surface area (Å²) in [5.41, 5.74) is 7.11. The highest BCUT2D eigenvalue weighted by Crippen LogP contribution is 2.24. The Bertz CT molecular complexity index is 332. The molecule has 2 heterocycles. The van der Waals surface area contributed by atoms with E-state index in [9.17, 15) is 0 Å². The maximum Gasteiger partial charge on any atom is 0.0951 e. The lowest BCUT2D eigenvalue weighted by molar-refractivity contribution is 0.183. The molecule has 16 heavy (non-hydrogen) atoms. The lowest BCUT2D eigenvalue weighted by Crippen LogP contribution is -2.37. The Morgan fingerprint density at radius 1 is 1.62 bits per heavy atom. The topological polar surface area (TPSA) is 47.1 Å². The predicted molar refractivity (Wildman–Crippen MR) is 65.2 cm³/mol. The molecule has 2 atom stereocenters. The number of likely N-dealkylation sites (N-methyl/N-ethyl adjacent to an activating group) is 1. The molecule has 0 bridgehead atoms. The summed E-state index contributed by atoms with van der Waals surface area (Å²) in [6, 6.07) is 0.622. The number of imidazole rings is 1. The fourth-order valence-corrected chi connectivity index (χ4v) is 2.52. The maximum atomic E-state index is 5.96. The summed E-state index contributed by atoms with van der Waals surface area (Å²) in [7, 11) is 0. The summed E-state index contributed by atoms with van der Waals surface area (Å²) in [4.78, 5) is 6.73. The first-order valence-corrected chi connectivity index (χ1v) is 6.22. The number of hydrogen-bond donors (Lipinski definition) is 1. The van der Waals surface area contributed by atoms with Crippen LogP contribution in [0.4, 0.5) is 0 Å². The molecule has 1 aromatic rings. The molecule has 0 radical (unpaired) electrons. The van der Waals surface area contributed by atoms with E-state index in [0.717, 1.165) is 18.8 Å². The highest BCUT2D eigenvalue weighted by atomic mass is 15.2. The smallest absolute Gasteiger partial charge is 0.0951 e. The van der Waals surface area contributed by atoms with Gasteiger partial charge in [0.05, 0.1) is 12.0 Å². The number of aromatic nitrogens is 2. The standard InChI is InChI=1S/C12H22N4/c1-3-15-6-4-5-11(8-15)16-9-14-7-12(16)10(2)13/h7,9-11H,3-6,8,13H2,1-2H3/t10-,11?/m0/s1. The molecule has 2 N–H and O–H groups in total. The van der Waals surface area contributed by atoms with Crippen molar-refractivity contribution in [3.05, 3.63) is 18.2 Å². The Labute approximate surface area is 97.4 Å². The summed E-state index contributed by atoms with van der Waals surface area (Å²) in [6.07, 6.45) is 6.35. The number of nitrogens with two attached hydrogens (primary N) is 1. The summed E-state index contributed by atoms with van der Waals surface area (Å²) >= 11 is 0. The molecule has 1 aromatic heterocycles. The second-order valence-corrected chi connectivity index (χ2v) is 4.70. The molecule has 1 unspecified atom stereocenters. The van der Waals surface area contributed by atoms with Gasteiger partial charge in [-0.05, 0) is 32.9 Å². The van der Waals surface area contributed by atoms with Crippen molar-refractivity contribution in [1.29, 1.82) is 0 Å². The first-order valence-electron chi connectivity index (χ1n) is 6.22. The second kappa shape index (κ2) is 4.97. The molecule has 0 amide bonds. The fourth-order valence-electron chi connectivity index (χ4n) is 2.52. The van der Waals surface area contributed by atoms with Crippen molar-refractivity contribution in [1.82, 2.24) is 14.5 Å². The minimum Gasteiger partial charge on any atom is -0.329 e. The van der Waals surface area contributed by atoms with Gasteiger partial charge in [-0.2, -0.15) is 0 Å². The molecular formula is C12H22N4. The van der Waals surface area contributed by atoms with Gasteiger partial charge < -0.3 is 15.2 Å². The SMILES string of the molecule is CCN1CCCC(n2cncc2[C@H](C)N)C1. The quantitative estimate of drug-likeness (QED) is 0.844. The number of likely N-dealkylation sites (tertiary alicyclic amines) is 1. The maximum absolute atomic E-state index is 5.96. The third-order valence-corrected chi connectivity index (χ3v) is 3.48. The highest BCUT2D eigenvalue weighted by molar-refractivity contribution is 5.05. The third-order valence-electron chi connectivity index (χ3n) is 3.48. The first-order chi connectivity index (χ1) is 7.72. The molecule has 0 spiro atoms. The van der Waals surface area contributed by atoms with Crippen molar-refractivity contribution in [2.24, 2.45) is 5.73 Å². The van der Waals surface area contributed by atoms with E-state index >= 15 is 0 Å². The number of hydrogen-bond acceptors (Lipinski definition) is 3. The van der Waals surface area contributed by atoms with Crippen molar-refractivity contribution >= 4 is 0 Å². The minimum atomic E-state index is 0.0690. The monoisotopic (exact) mass is 222 g/mol. The lowest BCUT2D eigenvalue weighted by Gasteiger charge is -2.33. The van der Waals surface area contributed by atoms with Gasteiger partial charge in [-0.25, -0.2) is 4.98 Å². The zero-order valence-electron chi connectivity index (χ0n) is 10.3. The van der Waals surface area contributed by atoms with Crippen molar-refractivity contribution in [3.8, 4) is 0 Å². The molecule has 1 aliphatic rings. The highest BCUT2D eigenvalue weighted by Gasteiger charge is 2.22. The van der Waals surface area contributed by atoms with E-state index in [1.54, 1.807) is 0 Å². The van der Waals surface area contributed by atoms with Crippen molar-refractivity contribution in [2.45, 2.75) is 38.8 Å². The van der Waals surface area contributed by atoms with Crippen LogP contribution in [0.1, 0.15) is 44.5 Å². The molecular weight excluding hydrogens is 200 g/mol. The lowest BCUT2D eigenvalue weighted by atomic mass is 10.0. The molecule has 90 valence electrons. The van der Waals surface area contributed by atoms with Gasteiger partial charge in [-0.15, -0.1) is 0 Å². The van der Waals surface area contributed by atoms with Gasteiger partial charge in [-0.3, -0.25) is 0 Å². The molecule has 0 aliphatic carbocycles. The Hall–Kier alpha value is -0.870. The van der Waals surface area contributed by atoms with Crippen molar-refractivity contribution < 1.29 is 0 Å². The van der Waals surface area contributed by atoms with Gasteiger partial charge in [0.25, 0.3) is 0 Å². The van der Waals surface area contributed by atoms with Gasteiger partial charge in [0.1, 0.15) is 0 Å². The van der Waals surface area contributed by atoms with Crippen molar-refractivity contribution in [2.75, 3.05) is 19.6 Å². The van der Waals surface area contributed by atoms with E-state index in [0.29, 0.717) is 6.04 Å². The second-order valence-electron chi connectivity index (χ2n) is 4.70. The zero-order chi connectivity index (χ0) is 11.5. The van der Waals surface area contributed by atoms with Crippen LogP contribution in [0.5, 0.6) is 0 Å². The van der Waals surface area contributed by atoms with Gasteiger partial charge in [0.15, 0.2) is 0 Å². The van der Waals surface area contributed by atoms with E-state index in [4.69, 9.17) is 5.73 Å². The molecule has 4 heteroatoms. The van der Waals surface area contributed by atoms with E-state index in [1.165, 1.54) is 19.4 Å². The van der Waals surface area contributed by atoms with Crippen LogP contribution in [0.25, 0.3) is 0 Å². The van der Waals surface area contributed by atoms with Gasteiger partial charge in [0.2, 0.25) is 0 Å². The number of rotatable bonds is 3. The Balaban J connectivity index is 2.13. The molecule has 0 saturated carbocycles. The van der Waals surface area contributed by atoms with Gasteiger partial charge >= 0.3 is 0 Å². The van der Waals surface area contributed by atoms with Crippen molar-refractivity contribution in [3.63, 3.8) is 0 Å². The average Bonchev–Trinajstić information content (AvgIpc) is 2.78. The summed E-state index contributed by atoms with van der Waals surface area (Å²) < 4.78 is 2.27. The number of nitrogens with zero attached hydrogens (tertiary/aromatic N) is 3. The van der Waals surface area contributed by atoms with Gasteiger partial charge in [-0.1, -0.05) is 6.92 Å². The molecule has 1 aliphatic heterocycles. The first kappa shape index (κ1) is 11.6. The van der Waals surface area contributed by atoms with E-state index in [2.05, 4.69) is 21.4 Å². The Kier molecular flexibility index (Phi) is 3.61. The van der Waals surface area contributed by atoms with E-state index in [-0.39, 0.29) is 6.04 Å². The molecule has 2 rings (SSSR count). The van der Waals surface area contributed by atoms with Crippen LogP contribution in [0.3, 0.4) is 0 Å². The van der Waals surface area contributed by atoms with Gasteiger partial charge in [0, 0.05) is 24.8 Å². The van der Waals surface area contributed by atoms with Crippen LogP contribution in [-0.4, -0.2) is 34.1 Å². The summed E-state index contributed by atoms with van der Waals surface area (Å²) in [5, 5.41) is 0.